The van der Waals surface area contributed by atoms with E-state index in [0.717, 1.165) is 12.5 Å². The molecule has 0 spiro atoms. The van der Waals surface area contributed by atoms with Crippen molar-refractivity contribution in [1.29, 1.82) is 0 Å². The number of hydrogen-bond donors (Lipinski definition) is 0. The molecule has 4 rings (SSSR count). The van der Waals surface area contributed by atoms with Crippen molar-refractivity contribution in [3.63, 3.8) is 0 Å². The van der Waals surface area contributed by atoms with E-state index in [9.17, 15) is 18.0 Å². The first-order valence-electron chi connectivity index (χ1n) is 8.87. The molecule has 0 amide bonds. The third kappa shape index (κ3) is 3.15. The van der Waals surface area contributed by atoms with Crippen LogP contribution in [0.3, 0.4) is 0 Å². The molecule has 0 bridgehead atoms. The quantitative estimate of drug-likeness (QED) is 0.521. The van der Waals surface area contributed by atoms with Gasteiger partial charge in [0.15, 0.2) is 5.69 Å². The van der Waals surface area contributed by atoms with Gasteiger partial charge in [-0.25, -0.2) is 4.98 Å². The Labute approximate surface area is 163 Å². The second-order valence-corrected chi connectivity index (χ2v) is 9.02. The summed E-state index contributed by atoms with van der Waals surface area (Å²) in [6.45, 7) is 3.66. The van der Waals surface area contributed by atoms with Crippen molar-refractivity contribution in [2.75, 3.05) is 36.5 Å². The Morgan fingerprint density at radius 1 is 1.44 bits per heavy atom. The normalized spacial score (nSPS) is 32.1. The third-order valence-electron chi connectivity index (χ3n) is 5.97. The fraction of sp³-hybridized carbons (Fsp3) is 0.706. The minimum absolute atomic E-state index is 0.133. The SMILES string of the molecule is COC(=O)CC1C2CN(c3cc(C(F)(F)F)nc(N4CC[C@@H]4C)n3)CC12Br. The van der Waals surface area contributed by atoms with Gasteiger partial charge in [0, 0.05) is 31.7 Å². The zero-order valence-electron chi connectivity index (χ0n) is 15.0. The van der Waals surface area contributed by atoms with Gasteiger partial charge in [-0.15, -0.1) is 0 Å². The van der Waals surface area contributed by atoms with E-state index in [1.54, 1.807) is 4.90 Å². The Bertz CT molecular complexity index is 777. The number of ether oxygens (including phenoxy) is 1. The van der Waals surface area contributed by atoms with Crippen molar-refractivity contribution >= 4 is 33.7 Å². The lowest BCUT2D eigenvalue weighted by Gasteiger charge is -2.39. The van der Waals surface area contributed by atoms with E-state index < -0.39 is 11.9 Å². The molecule has 2 aliphatic heterocycles. The summed E-state index contributed by atoms with van der Waals surface area (Å²) >= 11 is 3.69. The lowest BCUT2D eigenvalue weighted by Crippen LogP contribution is -2.47. The molecule has 3 unspecified atom stereocenters. The van der Waals surface area contributed by atoms with Crippen molar-refractivity contribution in [1.82, 2.24) is 9.97 Å². The zero-order valence-corrected chi connectivity index (χ0v) is 16.5. The van der Waals surface area contributed by atoms with Gasteiger partial charge in [-0.2, -0.15) is 18.2 Å². The van der Waals surface area contributed by atoms with Gasteiger partial charge in [0.25, 0.3) is 0 Å². The Balaban J connectivity index is 1.56. The van der Waals surface area contributed by atoms with Crippen LogP contribution in [0.15, 0.2) is 6.07 Å². The van der Waals surface area contributed by atoms with E-state index in [4.69, 9.17) is 4.74 Å². The highest BCUT2D eigenvalue weighted by atomic mass is 79.9. The molecule has 3 aliphatic rings. The van der Waals surface area contributed by atoms with Crippen molar-refractivity contribution in [2.24, 2.45) is 11.8 Å². The van der Waals surface area contributed by atoms with Crippen LogP contribution in [0, 0.1) is 11.8 Å². The summed E-state index contributed by atoms with van der Waals surface area (Å²) in [5, 5.41) is 0. The van der Waals surface area contributed by atoms with Crippen LogP contribution in [0.4, 0.5) is 24.9 Å². The fourth-order valence-electron chi connectivity index (χ4n) is 4.09. The molecule has 148 valence electrons. The summed E-state index contributed by atoms with van der Waals surface area (Å²) in [4.78, 5) is 23.3. The maximum atomic E-state index is 13.3. The summed E-state index contributed by atoms with van der Waals surface area (Å²) < 4.78 is 44.5. The highest BCUT2D eigenvalue weighted by Gasteiger charge is 2.68. The molecule has 10 heteroatoms. The first kappa shape index (κ1) is 18.8. The number of halogens is 4. The van der Waals surface area contributed by atoms with E-state index in [0.29, 0.717) is 26.1 Å². The summed E-state index contributed by atoms with van der Waals surface area (Å²) in [7, 11) is 1.35. The Morgan fingerprint density at radius 3 is 2.67 bits per heavy atom. The van der Waals surface area contributed by atoms with Crippen molar-refractivity contribution in [2.45, 2.75) is 36.3 Å². The van der Waals surface area contributed by atoms with Gasteiger partial charge in [0.1, 0.15) is 5.82 Å². The van der Waals surface area contributed by atoms with Crippen LogP contribution in [0.5, 0.6) is 0 Å². The number of esters is 1. The van der Waals surface area contributed by atoms with Gasteiger partial charge in [-0.3, -0.25) is 4.79 Å². The average molecular weight is 449 g/mol. The molecule has 3 fully saturated rings. The molecule has 1 aromatic heterocycles. The average Bonchev–Trinajstić information content (AvgIpc) is 2.95. The molecule has 3 heterocycles. The molecular weight excluding hydrogens is 429 g/mol. The second-order valence-electron chi connectivity index (χ2n) is 7.54. The number of aromatic nitrogens is 2. The summed E-state index contributed by atoms with van der Waals surface area (Å²) in [5.74, 6) is 0.477. The largest absolute Gasteiger partial charge is 0.469 e. The maximum absolute atomic E-state index is 13.3. The van der Waals surface area contributed by atoms with E-state index in [2.05, 4.69) is 25.9 Å². The third-order valence-corrected chi connectivity index (χ3v) is 7.39. The molecule has 4 atom stereocenters. The number of methoxy groups -OCH3 is 1. The molecule has 1 saturated carbocycles. The van der Waals surface area contributed by atoms with Crippen molar-refractivity contribution < 1.29 is 22.7 Å². The summed E-state index contributed by atoms with van der Waals surface area (Å²) in [5.41, 5.74) is -0.920. The van der Waals surface area contributed by atoms with E-state index in [-0.39, 0.29) is 39.9 Å². The van der Waals surface area contributed by atoms with Crippen LogP contribution in [-0.4, -0.2) is 53.0 Å². The monoisotopic (exact) mass is 448 g/mol. The fourth-order valence-corrected chi connectivity index (χ4v) is 5.21. The molecule has 0 radical (unpaired) electrons. The second kappa shape index (κ2) is 6.22. The molecule has 1 aliphatic carbocycles. The highest BCUT2D eigenvalue weighted by molar-refractivity contribution is 9.10. The number of carbonyl (C=O) groups excluding carboxylic acids is 1. The number of piperidine rings is 1. The molecule has 6 nitrogen and oxygen atoms in total. The lowest BCUT2D eigenvalue weighted by atomic mass is 10.1. The van der Waals surface area contributed by atoms with Gasteiger partial charge in [-0.05, 0) is 25.2 Å². The first-order valence-corrected chi connectivity index (χ1v) is 9.66. The van der Waals surface area contributed by atoms with Gasteiger partial charge in [-0.1, -0.05) is 15.9 Å². The number of rotatable bonds is 4. The Hall–Kier alpha value is -1.58. The Kier molecular flexibility index (Phi) is 4.32. The van der Waals surface area contributed by atoms with E-state index in [1.165, 1.54) is 7.11 Å². The van der Waals surface area contributed by atoms with Crippen LogP contribution >= 0.6 is 15.9 Å². The predicted molar refractivity (Wildman–Crippen MR) is 95.9 cm³/mol. The molecule has 2 saturated heterocycles. The number of hydrogen-bond acceptors (Lipinski definition) is 6. The molecular formula is C17H20BrF3N4O2. The highest BCUT2D eigenvalue weighted by Crippen LogP contribution is 2.63. The van der Waals surface area contributed by atoms with Crippen LogP contribution < -0.4 is 9.80 Å². The molecule has 0 aromatic carbocycles. The van der Waals surface area contributed by atoms with Gasteiger partial charge >= 0.3 is 12.1 Å². The lowest BCUT2D eigenvalue weighted by molar-refractivity contribution is -0.142. The van der Waals surface area contributed by atoms with Crippen molar-refractivity contribution in [3.8, 4) is 0 Å². The maximum Gasteiger partial charge on any atom is 0.433 e. The summed E-state index contributed by atoms with van der Waals surface area (Å²) in [6, 6.07) is 1.16. The number of anilines is 2. The van der Waals surface area contributed by atoms with E-state index in [1.807, 2.05) is 11.8 Å². The number of nitrogens with zero attached hydrogens (tertiary/aromatic N) is 4. The van der Waals surface area contributed by atoms with Crippen LogP contribution in [0.1, 0.15) is 25.5 Å². The van der Waals surface area contributed by atoms with Crippen LogP contribution in [0.25, 0.3) is 0 Å². The summed E-state index contributed by atoms with van der Waals surface area (Å²) in [6.07, 6.45) is -3.29. The van der Waals surface area contributed by atoms with Gasteiger partial charge in [0.2, 0.25) is 5.95 Å². The Morgan fingerprint density at radius 2 is 2.19 bits per heavy atom. The number of alkyl halides is 4. The zero-order chi connectivity index (χ0) is 19.6. The topological polar surface area (TPSA) is 58.6 Å². The molecule has 0 N–H and O–H groups in total. The van der Waals surface area contributed by atoms with Gasteiger partial charge < -0.3 is 14.5 Å². The predicted octanol–water partition coefficient (Wildman–Crippen LogP) is 2.86. The minimum atomic E-state index is -4.53. The number of fused-ring (bicyclic) bond motifs is 1. The molecule has 1 aromatic rings. The molecule has 27 heavy (non-hydrogen) atoms. The first-order chi connectivity index (χ1) is 12.6. The number of carbonyl (C=O) groups is 1. The standard InChI is InChI=1S/C17H20BrF3N4O2/c1-9-3-4-25(9)15-22-12(17(19,20)21)6-13(23-15)24-7-11-10(5-14(26)27-2)16(11,18)8-24/h6,9-11H,3-5,7-8H2,1-2H3/t9-,10?,11?,16?/m0/s1. The van der Waals surface area contributed by atoms with Crippen LogP contribution in [0.2, 0.25) is 0 Å². The smallest absolute Gasteiger partial charge is 0.433 e. The van der Waals surface area contributed by atoms with E-state index >= 15 is 0 Å². The van der Waals surface area contributed by atoms with Crippen molar-refractivity contribution in [3.05, 3.63) is 11.8 Å². The minimum Gasteiger partial charge on any atom is -0.469 e. The van der Waals surface area contributed by atoms with Gasteiger partial charge in [0.05, 0.1) is 17.9 Å². The van der Waals surface area contributed by atoms with Crippen LogP contribution in [-0.2, 0) is 15.7 Å².